The lowest BCUT2D eigenvalue weighted by Crippen LogP contribution is -1.91. The lowest BCUT2D eigenvalue weighted by Gasteiger charge is -2.09. The zero-order valence-corrected chi connectivity index (χ0v) is 17.3. The molecule has 2 rings (SSSR count). The van der Waals surface area contributed by atoms with Crippen molar-refractivity contribution in [3.63, 3.8) is 0 Å². The number of hydrogen-bond acceptors (Lipinski definition) is 2. The number of allylic oxidation sites excluding steroid dienone is 3. The van der Waals surface area contributed by atoms with Crippen molar-refractivity contribution in [2.24, 2.45) is 5.92 Å². The van der Waals surface area contributed by atoms with Crippen LogP contribution >= 0.6 is 0 Å². The molecule has 0 saturated carbocycles. The molecular weight excluding hydrogens is 352 g/mol. The van der Waals surface area contributed by atoms with Crippen LogP contribution in [0, 0.1) is 5.92 Å². The summed E-state index contributed by atoms with van der Waals surface area (Å²) in [5.41, 5.74) is 3.05. The molecule has 1 aromatic carbocycles. The van der Waals surface area contributed by atoms with E-state index in [1.807, 2.05) is 6.08 Å². The van der Waals surface area contributed by atoms with E-state index in [2.05, 4.69) is 63.4 Å². The number of hydrogen-bond donors (Lipinski definition) is 2. The zero-order valence-electron chi connectivity index (χ0n) is 17.3. The van der Waals surface area contributed by atoms with Crippen molar-refractivity contribution in [2.45, 2.75) is 58.8 Å². The van der Waals surface area contributed by atoms with Crippen molar-refractivity contribution in [1.29, 1.82) is 0 Å². The number of aliphatic carboxylic acids is 1. The Balaban J connectivity index is 0. The third kappa shape index (κ3) is 21.4. The molecule has 0 atom stereocenters. The second-order valence-electron chi connectivity index (χ2n) is 6.67. The first kappa shape index (κ1) is 27.6. The first-order valence-corrected chi connectivity index (χ1v) is 9.67. The van der Waals surface area contributed by atoms with E-state index in [0.717, 1.165) is 18.4 Å². The highest BCUT2D eigenvalue weighted by atomic mass is 16.4. The molecule has 0 aromatic heterocycles. The van der Waals surface area contributed by atoms with Gasteiger partial charge in [-0.1, -0.05) is 68.5 Å². The minimum absolute atomic E-state index is 0.250. The molecule has 1 aliphatic rings. The summed E-state index contributed by atoms with van der Waals surface area (Å²) >= 11 is 0. The van der Waals surface area contributed by atoms with Crippen LogP contribution in [-0.2, 0) is 16.0 Å². The molecule has 0 unspecified atom stereocenters. The summed E-state index contributed by atoms with van der Waals surface area (Å²) < 4.78 is 0. The zero-order chi connectivity index (χ0) is 21.6. The molecule has 0 heterocycles. The third-order valence-electron chi connectivity index (χ3n) is 3.82. The Morgan fingerprint density at radius 2 is 1.75 bits per heavy atom. The van der Waals surface area contributed by atoms with Crippen molar-refractivity contribution < 1.29 is 19.8 Å². The lowest BCUT2D eigenvalue weighted by molar-refractivity contribution is -0.131. The summed E-state index contributed by atoms with van der Waals surface area (Å²) in [7, 11) is 0. The van der Waals surface area contributed by atoms with Gasteiger partial charge in [0.2, 0.25) is 0 Å². The molecule has 156 valence electrons. The highest BCUT2D eigenvalue weighted by molar-refractivity contribution is 5.78. The van der Waals surface area contributed by atoms with E-state index in [4.69, 9.17) is 15.0 Å². The second kappa shape index (κ2) is 20.7. The van der Waals surface area contributed by atoms with Crippen LogP contribution < -0.4 is 0 Å². The van der Waals surface area contributed by atoms with Gasteiger partial charge in [0.15, 0.2) is 0 Å². The van der Waals surface area contributed by atoms with Gasteiger partial charge < -0.3 is 10.2 Å². The van der Waals surface area contributed by atoms with Crippen molar-refractivity contribution in [2.75, 3.05) is 0 Å². The molecule has 28 heavy (non-hydrogen) atoms. The van der Waals surface area contributed by atoms with Crippen LogP contribution in [0.3, 0.4) is 0 Å². The standard InChI is InChI=1S/C11H16.C9H14.C3H4O2.CH2O2/c1-10(2)8-9-11-6-4-3-5-7-11;1-2-6-9-7-4-3-5-8-9;1-2-3(4)5;2-1-3/h3-7,10H,8-9H2,1-2H3;2,7H,1,3-6,8H2;2H,1H2,(H,4,5);1H,(H,2,3). The maximum absolute atomic E-state index is 9.25. The van der Waals surface area contributed by atoms with E-state index >= 15 is 0 Å². The van der Waals surface area contributed by atoms with Gasteiger partial charge in [-0.25, -0.2) is 4.79 Å². The average Bonchev–Trinajstić information content (AvgIpc) is 2.70. The Hall–Kier alpha value is -2.62. The molecule has 1 aliphatic carbocycles. The molecule has 4 heteroatoms. The van der Waals surface area contributed by atoms with Gasteiger partial charge in [0, 0.05) is 6.08 Å². The fourth-order valence-electron chi connectivity index (χ4n) is 2.38. The molecule has 0 fully saturated rings. The molecule has 0 spiro atoms. The predicted octanol–water partition coefficient (Wildman–Crippen LogP) is 6.30. The molecular formula is C24H36O4. The van der Waals surface area contributed by atoms with Crippen molar-refractivity contribution in [3.05, 3.63) is 72.9 Å². The summed E-state index contributed by atoms with van der Waals surface area (Å²) in [6, 6.07) is 10.7. The molecule has 0 amide bonds. The van der Waals surface area contributed by atoms with Crippen LogP contribution in [0.4, 0.5) is 0 Å². The minimum Gasteiger partial charge on any atom is -0.483 e. The van der Waals surface area contributed by atoms with Crippen molar-refractivity contribution in [1.82, 2.24) is 0 Å². The fourth-order valence-corrected chi connectivity index (χ4v) is 2.38. The smallest absolute Gasteiger partial charge is 0.327 e. The van der Waals surface area contributed by atoms with E-state index in [0.29, 0.717) is 0 Å². The Morgan fingerprint density at radius 1 is 1.18 bits per heavy atom. The maximum atomic E-state index is 9.25. The Morgan fingerprint density at radius 3 is 2.14 bits per heavy atom. The lowest BCUT2D eigenvalue weighted by atomic mass is 9.97. The Bertz CT molecular complexity index is 559. The maximum Gasteiger partial charge on any atom is 0.327 e. The van der Waals surface area contributed by atoms with E-state index in [9.17, 15) is 4.79 Å². The Labute approximate surface area is 170 Å². The molecule has 0 radical (unpaired) electrons. The third-order valence-corrected chi connectivity index (χ3v) is 3.82. The van der Waals surface area contributed by atoms with Gasteiger partial charge in [0.05, 0.1) is 0 Å². The van der Waals surface area contributed by atoms with Gasteiger partial charge in [-0.15, -0.1) is 6.58 Å². The monoisotopic (exact) mass is 388 g/mol. The number of carboxylic acids is 1. The number of carbonyl (C=O) groups is 2. The molecule has 0 bridgehead atoms. The number of benzene rings is 1. The van der Waals surface area contributed by atoms with Gasteiger partial charge >= 0.3 is 5.97 Å². The predicted molar refractivity (Wildman–Crippen MR) is 117 cm³/mol. The summed E-state index contributed by atoms with van der Waals surface area (Å²) in [6.07, 6.45) is 14.2. The normalized spacial score (nSPS) is 11.8. The van der Waals surface area contributed by atoms with Crippen LogP contribution in [0.1, 0.15) is 57.9 Å². The molecule has 1 aromatic rings. The SMILES string of the molecule is C=CC(=O)O.C=CCC1=CCCCC1.CC(C)CCc1ccccc1.O=CO. The first-order chi connectivity index (χ1) is 13.4. The summed E-state index contributed by atoms with van der Waals surface area (Å²) in [5, 5.41) is 14.5. The first-order valence-electron chi connectivity index (χ1n) is 9.67. The fraction of sp³-hybridized carbons (Fsp3) is 0.417. The van der Waals surface area contributed by atoms with Gasteiger partial charge in [-0.05, 0) is 56.4 Å². The van der Waals surface area contributed by atoms with Crippen molar-refractivity contribution >= 4 is 12.4 Å². The topological polar surface area (TPSA) is 74.6 Å². The van der Waals surface area contributed by atoms with Gasteiger partial charge in [-0.3, -0.25) is 4.79 Å². The Kier molecular flexibility index (Phi) is 20.4. The average molecular weight is 389 g/mol. The second-order valence-corrected chi connectivity index (χ2v) is 6.67. The molecule has 2 N–H and O–H groups in total. The van der Waals surface area contributed by atoms with E-state index < -0.39 is 5.97 Å². The van der Waals surface area contributed by atoms with Crippen LogP contribution in [0.5, 0.6) is 0 Å². The van der Waals surface area contributed by atoms with Crippen LogP contribution in [-0.4, -0.2) is 22.7 Å². The summed E-state index contributed by atoms with van der Waals surface area (Å²) in [6.45, 7) is 11.0. The summed E-state index contributed by atoms with van der Waals surface area (Å²) in [5.74, 6) is -0.166. The van der Waals surface area contributed by atoms with Gasteiger partial charge in [-0.2, -0.15) is 0 Å². The number of rotatable bonds is 6. The molecule has 4 nitrogen and oxygen atoms in total. The van der Waals surface area contributed by atoms with E-state index in [1.54, 1.807) is 5.57 Å². The van der Waals surface area contributed by atoms with Gasteiger partial charge in [0.1, 0.15) is 0 Å². The summed E-state index contributed by atoms with van der Waals surface area (Å²) in [4.78, 5) is 17.6. The number of carboxylic acid groups (broad SMARTS) is 2. The minimum atomic E-state index is -0.981. The van der Waals surface area contributed by atoms with Crippen molar-refractivity contribution in [3.8, 4) is 0 Å². The number of aryl methyl sites for hydroxylation is 1. The van der Waals surface area contributed by atoms with Crippen LogP contribution in [0.25, 0.3) is 0 Å². The van der Waals surface area contributed by atoms with Gasteiger partial charge in [0.25, 0.3) is 6.47 Å². The van der Waals surface area contributed by atoms with E-state index in [-0.39, 0.29) is 6.47 Å². The largest absolute Gasteiger partial charge is 0.483 e. The highest BCUT2D eigenvalue weighted by Gasteiger charge is 1.99. The van der Waals surface area contributed by atoms with Crippen LogP contribution in [0.2, 0.25) is 0 Å². The highest BCUT2D eigenvalue weighted by Crippen LogP contribution is 2.19. The van der Waals surface area contributed by atoms with Crippen LogP contribution in [0.15, 0.2) is 67.3 Å². The van der Waals surface area contributed by atoms with E-state index in [1.165, 1.54) is 44.1 Å². The molecule has 0 saturated heterocycles. The molecule has 0 aliphatic heterocycles. The quantitative estimate of drug-likeness (QED) is 0.341.